The Morgan fingerprint density at radius 3 is 1.16 bits per heavy atom. The van der Waals surface area contributed by atoms with Crippen LogP contribution in [-0.4, -0.2) is 298 Å². The Labute approximate surface area is 719 Å². The van der Waals surface area contributed by atoms with Gasteiger partial charge in [0.05, 0.1) is 82.8 Å². The maximum Gasteiger partial charge on any atom is 0.330 e. The SMILES string of the molecule is CC(C)OC(=O)[C@H](C)N[P@@](=O)(OC[C@H]1OC(n2ccc(=O)[nH]c2=O)[C@](C)(O)[C@@H]1O)SCC1CC(=O)NC1=O.COc1nc(N)nc2c1ncn2C1O[C@H](COP(=O)(NC(C)C(=O)OC(C)C)SCC2CC(=O)N(C)C2=O)[C@@H](O)[C@@]1(C)O.COc1nc(N)nc2c1ncn2C1O[C@H](COP(=O)(N[C@H](C)C(=O)OC(C)C)SCC2CC(=O)N(C)C2=O)[C@@H](O)[C@@]1(C)O. The number of aliphatic hydroxyl groups is 6. The first kappa shape index (κ1) is 99.7. The highest BCUT2D eigenvalue weighted by molar-refractivity contribution is 8.56. The van der Waals surface area contributed by atoms with E-state index in [0.29, 0.717) is 11.4 Å². The number of nitrogen functional groups attached to an aromatic ring is 2. The molecule has 6 fully saturated rings. The van der Waals surface area contributed by atoms with Gasteiger partial charge in [-0.05, 0) is 83.1 Å². The number of nitrogens with zero attached hydrogens (tertiary/aromatic N) is 11. The molecule has 55 heteroatoms. The van der Waals surface area contributed by atoms with Gasteiger partial charge in [0.1, 0.15) is 71.6 Å². The van der Waals surface area contributed by atoms with Crippen LogP contribution in [0.15, 0.2) is 34.5 Å². The van der Waals surface area contributed by atoms with E-state index >= 15 is 0 Å². The zero-order valence-electron chi connectivity index (χ0n) is 70.1. The molecule has 6 aliphatic heterocycles. The molecule has 9 unspecified atom stereocenters. The summed E-state index contributed by atoms with van der Waals surface area (Å²) in [5.74, 6) is -7.11. The summed E-state index contributed by atoms with van der Waals surface area (Å²) < 4.78 is 106. The standard InChI is InChI=1S/2C24H36N7O10PS.C21H31N4O11PS/c2*1-11(2)40-21(35)12(3)29-42(37,43-9-13-7-15(32)30(5)20(13)34)39-8-14-17(33)24(4,36)22(41-14)31-10-26-16-18(31)27-23(25)28-19(16)38-6;1-10(2)35-18(30)11(3)24-37(33,38-9-12-7-15(27)22-17(12)29)34-8-13-16(28)21(4,32)19(36-13)25-6-5-14(26)23-20(25)31/h2*10-14,17,22,33,36H,7-9H2,1-6H3,(H,29,37)(H2,25,27,28);5-6,10-13,16,19,28,32H,7-9H2,1-4H3,(H,24,33)(H,22,27,29)(H,23,26,31)/t12?,13?,14-,17-,22?,24-,42?;12-,13?,14-,17-,22?,24-,42?;11-,12?,13+,16+,19?,21+,37+/m110/s1. The summed E-state index contributed by atoms with van der Waals surface area (Å²) in [6.45, 7) is 4.50. The van der Waals surface area contributed by atoms with E-state index in [-0.39, 0.29) is 94.3 Å². The van der Waals surface area contributed by atoms with Crippen LogP contribution in [0.2, 0.25) is 0 Å². The van der Waals surface area contributed by atoms with Crippen LogP contribution in [0, 0.1) is 17.8 Å². The minimum atomic E-state index is -4.01. The average molecular weight is 1870 g/mol. The third-order valence-corrected chi connectivity index (χ3v) is 32.4. The van der Waals surface area contributed by atoms with Crippen molar-refractivity contribution in [1.29, 1.82) is 0 Å². The number of aliphatic hydroxyl groups excluding tert-OH is 3. The second-order valence-corrected chi connectivity index (χ2v) is 43.9. The molecule has 49 nitrogen and oxygen atoms in total. The number of likely N-dealkylation sites (tertiary alicyclic amines) is 2. The van der Waals surface area contributed by atoms with E-state index in [1.54, 1.807) is 41.5 Å². The highest BCUT2D eigenvalue weighted by Crippen LogP contribution is 2.61. The lowest BCUT2D eigenvalue weighted by Gasteiger charge is -2.27. The lowest BCUT2D eigenvalue weighted by molar-refractivity contribution is -0.149. The zero-order valence-corrected chi connectivity index (χ0v) is 75.2. The number of hydrogen-bond acceptors (Lipinski definition) is 42. The Morgan fingerprint density at radius 1 is 0.540 bits per heavy atom. The number of amides is 6. The van der Waals surface area contributed by atoms with Crippen LogP contribution in [-0.2, 0) is 98.8 Å². The number of methoxy groups -OCH3 is 2. The number of ether oxygens (including phenoxy) is 8. The summed E-state index contributed by atoms with van der Waals surface area (Å²) in [4.78, 5) is 162. The van der Waals surface area contributed by atoms with Crippen LogP contribution in [0.25, 0.3) is 22.3 Å². The summed E-state index contributed by atoms with van der Waals surface area (Å²) in [6, 6.07) is -2.22. The van der Waals surface area contributed by atoms with Gasteiger partial charge >= 0.3 is 43.8 Å². The average Bonchev–Trinajstić information content (AvgIpc) is 1.59. The van der Waals surface area contributed by atoms with Crippen molar-refractivity contribution >= 4 is 142 Å². The fourth-order valence-electron chi connectivity index (χ4n) is 13.1. The van der Waals surface area contributed by atoms with Crippen LogP contribution in [0.3, 0.4) is 0 Å². The summed E-state index contributed by atoms with van der Waals surface area (Å²) in [5, 5.41) is 76.2. The molecule has 6 aliphatic rings. The number of rotatable bonds is 35. The minimum Gasteiger partial charge on any atom is -0.479 e. The van der Waals surface area contributed by atoms with Gasteiger partial charge in [0.15, 0.2) is 41.0 Å². The first-order valence-corrected chi connectivity index (χ1v) is 48.1. The second kappa shape index (κ2) is 40.5. The van der Waals surface area contributed by atoms with E-state index in [1.807, 2.05) is 4.98 Å². The lowest BCUT2D eigenvalue weighted by atomic mass is 9.96. The normalized spacial score (nSPS) is 28.6. The molecule has 0 spiro atoms. The molecule has 11 heterocycles. The highest BCUT2D eigenvalue weighted by atomic mass is 32.7. The first-order chi connectivity index (χ1) is 57.8. The minimum absolute atomic E-state index is 0.0520. The number of H-pyrrole nitrogens is 1. The number of imidazole rings is 2. The van der Waals surface area contributed by atoms with Crippen molar-refractivity contribution in [2.75, 3.05) is 76.9 Å². The quantitative estimate of drug-likeness (QED) is 0.0105. The summed E-state index contributed by atoms with van der Waals surface area (Å²) in [7, 11) is 5.50. The summed E-state index contributed by atoms with van der Waals surface area (Å²) in [5.41, 5.74) is 5.03. The number of imide groups is 3. The number of esters is 3. The molecule has 11 rings (SSSR count). The van der Waals surface area contributed by atoms with E-state index in [2.05, 4.69) is 50.5 Å². The predicted octanol–water partition coefficient (Wildman–Crippen LogP) is -0.566. The number of anilines is 2. The van der Waals surface area contributed by atoms with Crippen molar-refractivity contribution in [2.45, 2.75) is 211 Å². The Bertz CT molecular complexity index is 4870. The van der Waals surface area contributed by atoms with Gasteiger partial charge < -0.3 is 93.6 Å². The van der Waals surface area contributed by atoms with E-state index in [1.165, 1.54) is 91.6 Å². The van der Waals surface area contributed by atoms with Gasteiger partial charge in [-0.25, -0.2) is 30.0 Å². The molecule has 6 saturated heterocycles. The Kier molecular flexibility index (Phi) is 32.6. The van der Waals surface area contributed by atoms with Gasteiger partial charge in [0.2, 0.25) is 59.1 Å². The van der Waals surface area contributed by atoms with Crippen molar-refractivity contribution in [3.05, 3.63) is 45.8 Å². The number of fused-ring (bicyclic) bond motifs is 2. The van der Waals surface area contributed by atoms with Crippen LogP contribution in [0.1, 0.15) is 121 Å². The Morgan fingerprint density at radius 2 is 0.871 bits per heavy atom. The molecule has 5 aromatic rings. The Hall–Kier alpha value is -8.05. The van der Waals surface area contributed by atoms with E-state index in [9.17, 15) is 97.1 Å². The number of aromatic nitrogens is 10. The fourth-order valence-corrected chi connectivity index (χ4v) is 25.2. The van der Waals surface area contributed by atoms with Crippen LogP contribution >= 0.6 is 54.3 Å². The third kappa shape index (κ3) is 23.3. The number of nitrogens with one attached hydrogen (secondary N) is 5. The molecule has 0 saturated carbocycles. The largest absolute Gasteiger partial charge is 0.479 e. The number of hydrogen-bond donors (Lipinski definition) is 13. The smallest absolute Gasteiger partial charge is 0.330 e. The van der Waals surface area contributed by atoms with E-state index < -0.39 is 219 Å². The summed E-state index contributed by atoms with van der Waals surface area (Å²) in [6.07, 6.45) is -10.1. The summed E-state index contributed by atoms with van der Waals surface area (Å²) >= 11 is 2.16. The van der Waals surface area contributed by atoms with Gasteiger partial charge in [0.25, 0.3) is 5.56 Å². The molecule has 21 atom stereocenters. The molecular weight excluding hydrogens is 1770 g/mol. The molecule has 0 aromatic carbocycles. The number of aromatic amines is 1. The molecule has 688 valence electrons. The Balaban J connectivity index is 0.000000211. The van der Waals surface area contributed by atoms with E-state index in [4.69, 9.17) is 62.9 Å². The van der Waals surface area contributed by atoms with Crippen molar-refractivity contribution in [1.82, 2.24) is 79.0 Å². The first-order valence-electron chi connectivity index (χ1n) is 38.4. The van der Waals surface area contributed by atoms with Gasteiger partial charge in [0, 0.05) is 62.9 Å². The monoisotopic (exact) mass is 1870 g/mol. The second-order valence-electron chi connectivity index (χ2n) is 30.9. The van der Waals surface area contributed by atoms with Gasteiger partial charge in [-0.1, -0.05) is 34.1 Å². The third-order valence-electron chi connectivity index (χ3n) is 19.8. The molecule has 0 radical (unpaired) electrons. The highest BCUT2D eigenvalue weighted by Gasteiger charge is 2.58. The topological polar surface area (TPSA) is 676 Å². The van der Waals surface area contributed by atoms with Gasteiger partial charge in [-0.15, -0.1) is 0 Å². The number of nitrogens with two attached hydrogens (primary N) is 2. The lowest BCUT2D eigenvalue weighted by Crippen LogP contribution is -2.47. The number of carbonyl (C=O) groups excluding carboxylic acids is 9. The van der Waals surface area contributed by atoms with Crippen molar-refractivity contribution in [2.24, 2.45) is 17.8 Å². The van der Waals surface area contributed by atoms with Crippen molar-refractivity contribution in [3.63, 3.8) is 0 Å². The molecule has 15 N–H and O–H groups in total. The molecule has 5 aromatic heterocycles. The number of carbonyl (C=O) groups is 9. The van der Waals surface area contributed by atoms with Gasteiger partial charge in [-0.3, -0.25) is 95.4 Å². The maximum atomic E-state index is 14.0. The van der Waals surface area contributed by atoms with E-state index in [0.717, 1.165) is 49.4 Å². The van der Waals surface area contributed by atoms with Crippen LogP contribution in [0.4, 0.5) is 11.9 Å². The van der Waals surface area contributed by atoms with Crippen LogP contribution < -0.4 is 52.8 Å². The molecular formula is C69H103N18O31P3S3. The predicted molar refractivity (Wildman–Crippen MR) is 438 cm³/mol. The molecule has 0 aliphatic carbocycles. The fraction of sp³-hybridized carbons (Fsp3) is 0.667. The molecule has 6 amide bonds. The van der Waals surface area contributed by atoms with Crippen LogP contribution in [0.5, 0.6) is 11.8 Å². The van der Waals surface area contributed by atoms with Gasteiger partial charge in [-0.2, -0.15) is 19.9 Å². The zero-order chi connectivity index (χ0) is 92.1. The van der Waals surface area contributed by atoms with Crippen molar-refractivity contribution < 1.29 is 139 Å². The molecule has 0 bridgehead atoms. The maximum absolute atomic E-state index is 14.0. The molecule has 124 heavy (non-hydrogen) atoms. The van der Waals surface area contributed by atoms with Crippen molar-refractivity contribution in [3.8, 4) is 11.8 Å².